The van der Waals surface area contributed by atoms with Gasteiger partial charge < -0.3 is 14.4 Å². The standard InChI is InChI=1S/C25H18ClF2N3O4S/c1-34-10-12-6-13(35-30-12)9-31-23(16-8-19(28)18(27)7-15(16)11-2-3-11)29-24-20(25(31)33)14-4-5-17(26)21(32)22(14)36-24/h4-8,11,32H,2-3,9-10H2,1H3. The first-order valence-electron chi connectivity index (χ1n) is 11.1. The van der Waals surface area contributed by atoms with E-state index in [1.54, 1.807) is 12.1 Å². The molecular formula is C25H18ClF2N3O4S. The smallest absolute Gasteiger partial charge is 0.263 e. The number of hydrogen-bond donors (Lipinski definition) is 1. The minimum Gasteiger partial charge on any atom is -0.505 e. The third-order valence-electron chi connectivity index (χ3n) is 6.25. The Hall–Kier alpha value is -3.34. The van der Waals surface area contributed by atoms with Crippen LogP contribution in [0.15, 0.2) is 39.6 Å². The molecule has 3 aromatic heterocycles. The van der Waals surface area contributed by atoms with Crippen molar-refractivity contribution in [1.82, 2.24) is 14.7 Å². The van der Waals surface area contributed by atoms with Gasteiger partial charge in [0.2, 0.25) is 0 Å². The molecule has 1 N–H and O–H groups in total. The number of phenolic OH excluding ortho intramolecular Hbond substituents is 1. The maximum Gasteiger partial charge on any atom is 0.263 e. The van der Waals surface area contributed by atoms with Gasteiger partial charge in [-0.1, -0.05) is 22.8 Å². The number of halogens is 3. The first-order valence-corrected chi connectivity index (χ1v) is 12.3. The predicted octanol–water partition coefficient (Wildman–Crippen LogP) is 5.98. The Morgan fingerprint density at radius 2 is 2.03 bits per heavy atom. The first kappa shape index (κ1) is 23.1. The molecule has 0 atom stereocenters. The molecule has 0 spiro atoms. The highest BCUT2D eigenvalue weighted by molar-refractivity contribution is 7.25. The van der Waals surface area contributed by atoms with E-state index in [2.05, 4.69) is 5.16 Å². The van der Waals surface area contributed by atoms with Crippen LogP contribution in [-0.2, 0) is 17.9 Å². The third-order valence-corrected chi connectivity index (χ3v) is 7.66. The van der Waals surface area contributed by atoms with E-state index in [0.29, 0.717) is 37.5 Å². The molecule has 7 nitrogen and oxygen atoms in total. The van der Waals surface area contributed by atoms with Crippen molar-refractivity contribution in [1.29, 1.82) is 0 Å². The zero-order chi connectivity index (χ0) is 25.1. The second kappa shape index (κ2) is 8.65. The summed E-state index contributed by atoms with van der Waals surface area (Å²) in [5.74, 6) is -1.52. The van der Waals surface area contributed by atoms with Gasteiger partial charge in [0.1, 0.15) is 16.3 Å². The number of ether oxygens (including phenoxy) is 1. The van der Waals surface area contributed by atoms with E-state index < -0.39 is 17.2 Å². The summed E-state index contributed by atoms with van der Waals surface area (Å²) in [7, 11) is 1.53. The Morgan fingerprint density at radius 3 is 2.78 bits per heavy atom. The maximum absolute atomic E-state index is 14.5. The van der Waals surface area contributed by atoms with Crippen LogP contribution in [0.1, 0.15) is 35.8 Å². The van der Waals surface area contributed by atoms with Crippen LogP contribution in [0.4, 0.5) is 8.78 Å². The molecule has 1 saturated carbocycles. The van der Waals surface area contributed by atoms with Gasteiger partial charge in [0.05, 0.1) is 28.3 Å². The van der Waals surface area contributed by atoms with Gasteiger partial charge in [-0.05, 0) is 42.5 Å². The SMILES string of the molecule is COCc1cc(Cn2c(-c3cc(F)c(F)cc3C3CC3)nc3sc4c(O)c(Cl)ccc4c3c2=O)on1. The number of phenols is 1. The van der Waals surface area contributed by atoms with Crippen molar-refractivity contribution in [3.63, 3.8) is 0 Å². The van der Waals surface area contributed by atoms with Gasteiger partial charge in [0.15, 0.2) is 23.1 Å². The van der Waals surface area contributed by atoms with Gasteiger partial charge >= 0.3 is 0 Å². The Bertz CT molecular complexity index is 1720. The Labute approximate surface area is 211 Å². The van der Waals surface area contributed by atoms with E-state index in [4.69, 9.17) is 25.8 Å². The Balaban J connectivity index is 1.65. The zero-order valence-corrected chi connectivity index (χ0v) is 20.4. The number of methoxy groups -OCH3 is 1. The van der Waals surface area contributed by atoms with E-state index in [1.165, 1.54) is 23.8 Å². The molecule has 0 saturated heterocycles. The van der Waals surface area contributed by atoms with Crippen LogP contribution in [0.5, 0.6) is 5.75 Å². The zero-order valence-electron chi connectivity index (χ0n) is 18.8. The van der Waals surface area contributed by atoms with E-state index in [0.717, 1.165) is 30.2 Å². The van der Waals surface area contributed by atoms with Crippen molar-refractivity contribution in [3.05, 3.63) is 74.4 Å². The van der Waals surface area contributed by atoms with Crippen LogP contribution < -0.4 is 5.56 Å². The fourth-order valence-corrected chi connectivity index (χ4v) is 5.75. The van der Waals surface area contributed by atoms with Crippen molar-refractivity contribution in [3.8, 4) is 17.1 Å². The Kier molecular flexibility index (Phi) is 5.55. The third kappa shape index (κ3) is 3.76. The molecule has 0 aliphatic heterocycles. The molecule has 0 radical (unpaired) electrons. The van der Waals surface area contributed by atoms with Crippen molar-refractivity contribution in [2.45, 2.75) is 31.9 Å². The minimum atomic E-state index is -1.03. The van der Waals surface area contributed by atoms with Crippen LogP contribution in [0, 0.1) is 11.6 Å². The number of hydrogen-bond acceptors (Lipinski definition) is 7. The van der Waals surface area contributed by atoms with Gasteiger partial charge in [0, 0.05) is 24.1 Å². The second-order valence-corrected chi connectivity index (χ2v) is 10.1. The molecule has 5 aromatic rings. The van der Waals surface area contributed by atoms with Crippen molar-refractivity contribution >= 4 is 43.2 Å². The van der Waals surface area contributed by atoms with E-state index in [9.17, 15) is 18.7 Å². The van der Waals surface area contributed by atoms with E-state index in [1.807, 2.05) is 0 Å². The first-order chi connectivity index (χ1) is 17.4. The molecule has 6 rings (SSSR count). The van der Waals surface area contributed by atoms with Crippen LogP contribution >= 0.6 is 22.9 Å². The summed E-state index contributed by atoms with van der Waals surface area (Å²) >= 11 is 7.20. The van der Waals surface area contributed by atoms with E-state index in [-0.39, 0.29) is 41.1 Å². The lowest BCUT2D eigenvalue weighted by Crippen LogP contribution is -2.24. The summed E-state index contributed by atoms with van der Waals surface area (Å²) in [5.41, 5.74) is 1.06. The molecule has 1 fully saturated rings. The predicted molar refractivity (Wildman–Crippen MR) is 132 cm³/mol. The molecule has 3 heterocycles. The fourth-order valence-electron chi connectivity index (χ4n) is 4.43. The number of aromatic hydroxyl groups is 1. The summed E-state index contributed by atoms with van der Waals surface area (Å²) in [5, 5.41) is 15.4. The number of fused-ring (bicyclic) bond motifs is 3. The second-order valence-electron chi connectivity index (χ2n) is 8.73. The lowest BCUT2D eigenvalue weighted by atomic mass is 10.0. The number of rotatable bonds is 6. The van der Waals surface area contributed by atoms with Crippen molar-refractivity contribution < 1.29 is 23.1 Å². The molecule has 184 valence electrons. The molecule has 0 amide bonds. The quantitative estimate of drug-likeness (QED) is 0.291. The van der Waals surface area contributed by atoms with E-state index >= 15 is 0 Å². The van der Waals surface area contributed by atoms with Crippen molar-refractivity contribution in [2.75, 3.05) is 7.11 Å². The van der Waals surface area contributed by atoms with Crippen LogP contribution in [0.25, 0.3) is 31.7 Å². The van der Waals surface area contributed by atoms with Crippen LogP contribution in [0.3, 0.4) is 0 Å². The largest absolute Gasteiger partial charge is 0.505 e. The number of thiophene rings is 1. The molecule has 0 bridgehead atoms. The molecule has 36 heavy (non-hydrogen) atoms. The topological polar surface area (TPSA) is 90.4 Å². The summed E-state index contributed by atoms with van der Waals surface area (Å²) in [6.45, 7) is 0.181. The molecule has 0 unspecified atom stereocenters. The van der Waals surface area contributed by atoms with Gasteiger partial charge in [-0.15, -0.1) is 11.3 Å². The summed E-state index contributed by atoms with van der Waals surface area (Å²) in [4.78, 5) is 19.0. The van der Waals surface area contributed by atoms with Crippen LogP contribution in [-0.4, -0.2) is 26.9 Å². The average Bonchev–Trinajstić information content (AvgIpc) is 3.49. The van der Waals surface area contributed by atoms with Gasteiger partial charge in [-0.25, -0.2) is 13.8 Å². The molecule has 1 aliphatic rings. The highest BCUT2D eigenvalue weighted by atomic mass is 35.5. The fraction of sp³-hybridized carbons (Fsp3) is 0.240. The normalized spacial score (nSPS) is 13.8. The van der Waals surface area contributed by atoms with Gasteiger partial charge in [-0.2, -0.15) is 0 Å². The number of benzene rings is 2. The summed E-state index contributed by atoms with van der Waals surface area (Å²) in [6.07, 6.45) is 1.67. The van der Waals surface area contributed by atoms with Crippen LogP contribution in [0.2, 0.25) is 5.02 Å². The van der Waals surface area contributed by atoms with Crippen molar-refractivity contribution in [2.24, 2.45) is 0 Å². The lowest BCUT2D eigenvalue weighted by molar-refractivity contribution is 0.177. The highest BCUT2D eigenvalue weighted by Crippen LogP contribution is 2.46. The highest BCUT2D eigenvalue weighted by Gasteiger charge is 2.30. The van der Waals surface area contributed by atoms with Gasteiger partial charge in [-0.3, -0.25) is 9.36 Å². The average molecular weight is 530 g/mol. The van der Waals surface area contributed by atoms with Gasteiger partial charge in [0.25, 0.3) is 5.56 Å². The lowest BCUT2D eigenvalue weighted by Gasteiger charge is -2.15. The minimum absolute atomic E-state index is 0.0478. The summed E-state index contributed by atoms with van der Waals surface area (Å²) in [6, 6.07) is 7.10. The molecule has 1 aliphatic carbocycles. The molecular weight excluding hydrogens is 512 g/mol. The monoisotopic (exact) mass is 529 g/mol. The maximum atomic E-state index is 14.5. The number of aromatic nitrogens is 3. The molecule has 2 aromatic carbocycles. The summed E-state index contributed by atoms with van der Waals surface area (Å²) < 4.78 is 41.0. The number of nitrogens with zero attached hydrogens (tertiary/aromatic N) is 3. The Morgan fingerprint density at radius 1 is 1.25 bits per heavy atom. The molecule has 11 heteroatoms.